The van der Waals surface area contributed by atoms with E-state index in [9.17, 15) is 18.3 Å². The molecule has 36 heavy (non-hydrogen) atoms. The summed E-state index contributed by atoms with van der Waals surface area (Å²) < 4.78 is 43.7. The maximum atomic E-state index is 13.5. The van der Waals surface area contributed by atoms with Crippen molar-refractivity contribution in [2.24, 2.45) is 12.8 Å². The lowest BCUT2D eigenvalue weighted by molar-refractivity contribution is -0.137. The van der Waals surface area contributed by atoms with Crippen molar-refractivity contribution in [3.05, 3.63) is 102 Å². The van der Waals surface area contributed by atoms with E-state index < -0.39 is 18.0 Å². The molecule has 0 aliphatic rings. The van der Waals surface area contributed by atoms with Gasteiger partial charge in [-0.2, -0.15) is 13.2 Å². The van der Waals surface area contributed by atoms with Crippen LogP contribution in [0.4, 0.5) is 18.9 Å². The monoisotopic (exact) mass is 492 g/mol. The fourth-order valence-electron chi connectivity index (χ4n) is 3.56. The highest BCUT2D eigenvalue weighted by Gasteiger charge is 2.31. The number of alkyl halides is 3. The molecule has 4 rings (SSSR count). The summed E-state index contributed by atoms with van der Waals surface area (Å²) in [5, 5.41) is 13.6. The van der Waals surface area contributed by atoms with Gasteiger partial charge in [0.05, 0.1) is 23.8 Å². The Morgan fingerprint density at radius 1 is 1.19 bits per heavy atom. The van der Waals surface area contributed by atoms with Gasteiger partial charge < -0.3 is 25.3 Å². The SMILES string of the molecule is C=C(N)c1ncc(C#Cc2cc(C(O)Nc3cc(-n4ccnc4)cc(C(F)(F)F)c3)ccc2C)n1C. The number of hydrogen-bond donors (Lipinski definition) is 3. The van der Waals surface area contributed by atoms with Gasteiger partial charge in [-0.15, -0.1) is 0 Å². The number of imidazole rings is 2. The minimum Gasteiger partial charge on any atom is -0.396 e. The van der Waals surface area contributed by atoms with Crippen molar-refractivity contribution in [2.45, 2.75) is 19.3 Å². The maximum absolute atomic E-state index is 13.5. The lowest BCUT2D eigenvalue weighted by atomic mass is 10.0. The molecule has 0 aliphatic heterocycles. The van der Waals surface area contributed by atoms with Crippen molar-refractivity contribution < 1.29 is 18.3 Å². The summed E-state index contributed by atoms with van der Waals surface area (Å²) in [5.74, 6) is 6.60. The molecule has 0 bridgehead atoms. The van der Waals surface area contributed by atoms with Crippen molar-refractivity contribution >= 4 is 11.4 Å². The van der Waals surface area contributed by atoms with Gasteiger partial charge in [0.2, 0.25) is 0 Å². The van der Waals surface area contributed by atoms with Gasteiger partial charge in [-0.3, -0.25) is 0 Å². The Balaban J connectivity index is 1.63. The first kappa shape index (κ1) is 24.6. The number of nitrogens with zero attached hydrogens (tertiary/aromatic N) is 4. The summed E-state index contributed by atoms with van der Waals surface area (Å²) in [4.78, 5) is 8.08. The van der Waals surface area contributed by atoms with Gasteiger partial charge in [-0.1, -0.05) is 24.6 Å². The fraction of sp³-hybridized carbons (Fsp3) is 0.154. The topological polar surface area (TPSA) is 93.9 Å². The number of anilines is 1. The average molecular weight is 493 g/mol. The second-order valence-corrected chi connectivity index (χ2v) is 8.16. The number of aromatic nitrogens is 4. The molecule has 4 aromatic rings. The molecule has 0 saturated heterocycles. The standard InChI is InChI=1S/C26H23F3N6O/c1-16-4-5-19(10-18(16)6-7-22-14-32-24(17(2)30)34(22)3)25(36)33-21-11-20(26(27,28)29)12-23(13-21)35-9-8-31-15-35/h4-5,8-15,25,33,36H,2,30H2,1,3H3. The molecule has 0 fully saturated rings. The van der Waals surface area contributed by atoms with Crippen LogP contribution in [0, 0.1) is 18.8 Å². The molecule has 0 amide bonds. The van der Waals surface area contributed by atoms with Crippen molar-refractivity contribution in [3.8, 4) is 17.5 Å². The molecule has 2 aromatic heterocycles. The Bertz CT molecular complexity index is 1480. The summed E-state index contributed by atoms with van der Waals surface area (Å²) in [6, 6.07) is 8.61. The molecule has 10 heteroatoms. The van der Waals surface area contributed by atoms with E-state index >= 15 is 0 Å². The third kappa shape index (κ3) is 5.26. The van der Waals surface area contributed by atoms with Crippen LogP contribution in [0.1, 0.15) is 40.0 Å². The van der Waals surface area contributed by atoms with Gasteiger partial charge in [-0.25, -0.2) is 9.97 Å². The van der Waals surface area contributed by atoms with E-state index in [4.69, 9.17) is 5.73 Å². The van der Waals surface area contributed by atoms with E-state index in [1.807, 2.05) is 6.92 Å². The summed E-state index contributed by atoms with van der Waals surface area (Å²) >= 11 is 0. The van der Waals surface area contributed by atoms with Crippen LogP contribution in [0.2, 0.25) is 0 Å². The third-order valence-electron chi connectivity index (χ3n) is 5.53. The number of nitrogens with two attached hydrogens (primary N) is 1. The van der Waals surface area contributed by atoms with Crippen LogP contribution >= 0.6 is 0 Å². The van der Waals surface area contributed by atoms with Gasteiger partial charge in [0.1, 0.15) is 5.69 Å². The molecule has 4 N–H and O–H groups in total. The first-order valence-electron chi connectivity index (χ1n) is 10.8. The van der Waals surface area contributed by atoms with Crippen molar-refractivity contribution in [3.63, 3.8) is 0 Å². The second kappa shape index (κ2) is 9.64. The molecule has 0 saturated carbocycles. The zero-order valence-electron chi connectivity index (χ0n) is 19.5. The molecule has 2 aromatic carbocycles. The number of aliphatic hydroxyl groups is 1. The number of rotatable bonds is 5. The predicted molar refractivity (Wildman–Crippen MR) is 131 cm³/mol. The van der Waals surface area contributed by atoms with Gasteiger partial charge in [0.25, 0.3) is 0 Å². The minimum atomic E-state index is -4.56. The molecule has 7 nitrogen and oxygen atoms in total. The molecular formula is C26H23F3N6O. The minimum absolute atomic E-state index is 0.0960. The Kier molecular flexibility index (Phi) is 6.59. The number of aliphatic hydroxyl groups excluding tert-OH is 1. The predicted octanol–water partition coefficient (Wildman–Crippen LogP) is 4.37. The van der Waals surface area contributed by atoms with Crippen molar-refractivity contribution in [2.75, 3.05) is 5.32 Å². The van der Waals surface area contributed by atoms with Crippen LogP contribution in [0.3, 0.4) is 0 Å². The van der Waals surface area contributed by atoms with E-state index in [-0.39, 0.29) is 11.4 Å². The number of benzene rings is 2. The zero-order chi connectivity index (χ0) is 26.0. The molecule has 0 aliphatic carbocycles. The van der Waals surface area contributed by atoms with Gasteiger partial charge in [0.15, 0.2) is 12.1 Å². The van der Waals surface area contributed by atoms with Crippen molar-refractivity contribution in [1.29, 1.82) is 0 Å². The highest BCUT2D eigenvalue weighted by molar-refractivity contribution is 5.57. The third-order valence-corrected chi connectivity index (χ3v) is 5.53. The van der Waals surface area contributed by atoms with E-state index in [2.05, 4.69) is 33.7 Å². The second-order valence-electron chi connectivity index (χ2n) is 8.16. The van der Waals surface area contributed by atoms with Gasteiger partial charge >= 0.3 is 6.18 Å². The average Bonchev–Trinajstić information content (AvgIpc) is 3.48. The number of nitrogens with one attached hydrogen (secondary N) is 1. The van der Waals surface area contributed by atoms with E-state index in [0.29, 0.717) is 28.3 Å². The van der Waals surface area contributed by atoms with Crippen LogP contribution in [-0.4, -0.2) is 24.2 Å². The first-order chi connectivity index (χ1) is 17.0. The largest absolute Gasteiger partial charge is 0.416 e. The fourth-order valence-corrected chi connectivity index (χ4v) is 3.56. The lowest BCUT2D eigenvalue weighted by Gasteiger charge is -2.18. The highest BCUT2D eigenvalue weighted by atomic mass is 19.4. The molecule has 1 unspecified atom stereocenters. The zero-order valence-corrected chi connectivity index (χ0v) is 19.5. The van der Waals surface area contributed by atoms with Gasteiger partial charge in [-0.05, 0) is 42.7 Å². The number of hydrogen-bond acceptors (Lipinski definition) is 5. The highest BCUT2D eigenvalue weighted by Crippen LogP contribution is 2.34. The Morgan fingerprint density at radius 2 is 1.97 bits per heavy atom. The van der Waals surface area contributed by atoms with Crippen LogP contribution in [0.15, 0.2) is 67.9 Å². The van der Waals surface area contributed by atoms with Crippen LogP contribution < -0.4 is 11.1 Å². The van der Waals surface area contributed by atoms with E-state index in [1.165, 1.54) is 29.4 Å². The number of aryl methyl sites for hydroxylation is 1. The maximum Gasteiger partial charge on any atom is 0.416 e. The summed E-state index contributed by atoms with van der Waals surface area (Å²) in [5.41, 5.74) is 8.11. The Hall–Kier alpha value is -4.49. The normalized spacial score (nSPS) is 12.1. The van der Waals surface area contributed by atoms with E-state index in [0.717, 1.165) is 17.7 Å². The number of halogens is 3. The Labute approximate surface area is 205 Å². The van der Waals surface area contributed by atoms with Gasteiger partial charge in [0, 0.05) is 41.9 Å². The lowest BCUT2D eigenvalue weighted by Crippen LogP contribution is -2.13. The smallest absolute Gasteiger partial charge is 0.396 e. The van der Waals surface area contributed by atoms with Crippen LogP contribution in [-0.2, 0) is 13.2 Å². The van der Waals surface area contributed by atoms with E-state index in [1.54, 1.807) is 36.0 Å². The van der Waals surface area contributed by atoms with Crippen molar-refractivity contribution in [1.82, 2.24) is 19.1 Å². The molecular weight excluding hydrogens is 469 g/mol. The molecule has 0 radical (unpaired) electrons. The van der Waals surface area contributed by atoms with Crippen LogP contribution in [0.5, 0.6) is 0 Å². The quantitative estimate of drug-likeness (QED) is 0.284. The summed E-state index contributed by atoms with van der Waals surface area (Å²) in [6.45, 7) is 5.55. The molecule has 184 valence electrons. The molecule has 2 heterocycles. The molecule has 0 spiro atoms. The Morgan fingerprint density at radius 3 is 2.61 bits per heavy atom. The summed E-state index contributed by atoms with van der Waals surface area (Å²) in [6.07, 6.45) is 0.142. The molecule has 1 atom stereocenters. The first-order valence-corrected chi connectivity index (χ1v) is 10.8. The van der Waals surface area contributed by atoms with Crippen LogP contribution in [0.25, 0.3) is 11.4 Å². The summed E-state index contributed by atoms with van der Waals surface area (Å²) in [7, 11) is 1.77.